The van der Waals surface area contributed by atoms with E-state index in [9.17, 15) is 21.6 Å². The molecule has 0 aliphatic carbocycles. The molecule has 114 valence electrons. The quantitative estimate of drug-likeness (QED) is 0.814. The second-order valence-corrected chi connectivity index (χ2v) is 6.46. The van der Waals surface area contributed by atoms with E-state index in [0.717, 1.165) is 4.31 Å². The molecule has 0 aliphatic heterocycles. The van der Waals surface area contributed by atoms with E-state index in [1.165, 1.54) is 7.05 Å². The highest BCUT2D eigenvalue weighted by Crippen LogP contribution is 2.23. The Balaban J connectivity index is 2.35. The van der Waals surface area contributed by atoms with Crippen LogP contribution in [-0.4, -0.2) is 19.8 Å². The number of hydrogen-bond donors (Lipinski definition) is 0. The molecule has 0 radical (unpaired) electrons. The topological polar surface area (TPSA) is 50.5 Å². The maximum Gasteiger partial charge on any atom is 0.246 e. The molecular formula is C13H12F3NO3S. The molecule has 21 heavy (non-hydrogen) atoms. The summed E-state index contributed by atoms with van der Waals surface area (Å²) >= 11 is 0. The van der Waals surface area contributed by atoms with Crippen LogP contribution in [0.5, 0.6) is 0 Å². The zero-order chi connectivity index (χ0) is 15.8. The van der Waals surface area contributed by atoms with Crippen LogP contribution in [0.1, 0.15) is 11.5 Å². The van der Waals surface area contributed by atoms with E-state index < -0.39 is 32.4 Å². The van der Waals surface area contributed by atoms with Crippen molar-refractivity contribution in [1.29, 1.82) is 0 Å². The van der Waals surface area contributed by atoms with Gasteiger partial charge in [0.25, 0.3) is 0 Å². The van der Waals surface area contributed by atoms with E-state index in [4.69, 9.17) is 4.42 Å². The second kappa shape index (κ2) is 5.53. The Labute approximate surface area is 119 Å². The van der Waals surface area contributed by atoms with E-state index in [2.05, 4.69) is 0 Å². The van der Waals surface area contributed by atoms with Crippen molar-refractivity contribution in [3.8, 4) is 0 Å². The van der Waals surface area contributed by atoms with Crippen LogP contribution in [0.2, 0.25) is 0 Å². The molecule has 0 spiro atoms. The highest BCUT2D eigenvalue weighted by atomic mass is 32.2. The summed E-state index contributed by atoms with van der Waals surface area (Å²) in [5, 5.41) is 0. The van der Waals surface area contributed by atoms with Gasteiger partial charge in [0.2, 0.25) is 10.0 Å². The molecule has 1 heterocycles. The summed E-state index contributed by atoms with van der Waals surface area (Å²) in [4.78, 5) is -0.924. The van der Waals surface area contributed by atoms with Gasteiger partial charge in [0.15, 0.2) is 17.5 Å². The van der Waals surface area contributed by atoms with Crippen LogP contribution in [0.25, 0.3) is 0 Å². The summed E-state index contributed by atoms with van der Waals surface area (Å²) in [6.07, 6.45) is 0. The van der Waals surface area contributed by atoms with Gasteiger partial charge in [-0.2, -0.15) is 4.31 Å². The van der Waals surface area contributed by atoms with Crippen LogP contribution < -0.4 is 0 Å². The van der Waals surface area contributed by atoms with Crippen molar-refractivity contribution in [3.05, 3.63) is 53.2 Å². The predicted molar refractivity (Wildman–Crippen MR) is 68.4 cm³/mol. The highest BCUT2D eigenvalue weighted by Gasteiger charge is 2.28. The Morgan fingerprint density at radius 1 is 1.10 bits per heavy atom. The molecule has 0 N–H and O–H groups in total. The SMILES string of the molecule is Cc1ccc(CN(C)S(=O)(=O)c2ccc(F)c(F)c2F)o1. The first kappa shape index (κ1) is 15.6. The van der Waals surface area contributed by atoms with Gasteiger partial charge in [-0.15, -0.1) is 0 Å². The van der Waals surface area contributed by atoms with Crippen molar-refractivity contribution >= 4 is 10.0 Å². The molecule has 4 nitrogen and oxygen atoms in total. The van der Waals surface area contributed by atoms with Crippen molar-refractivity contribution in [1.82, 2.24) is 4.31 Å². The fraction of sp³-hybridized carbons (Fsp3) is 0.231. The second-order valence-electron chi connectivity index (χ2n) is 4.45. The summed E-state index contributed by atoms with van der Waals surface area (Å²) in [7, 11) is -3.12. The third-order valence-electron chi connectivity index (χ3n) is 2.86. The third-order valence-corrected chi connectivity index (χ3v) is 4.68. The van der Waals surface area contributed by atoms with Crippen molar-refractivity contribution in [2.75, 3.05) is 7.05 Å². The minimum atomic E-state index is -4.31. The standard InChI is InChI=1S/C13H12F3NO3S/c1-8-3-4-9(20-8)7-17(2)21(18,19)11-6-5-10(14)12(15)13(11)16/h3-6H,7H2,1-2H3. The monoisotopic (exact) mass is 319 g/mol. The summed E-state index contributed by atoms with van der Waals surface area (Å²) in [5.74, 6) is -4.07. The summed E-state index contributed by atoms with van der Waals surface area (Å²) in [5.41, 5.74) is 0. The Bertz CT molecular complexity index is 771. The fourth-order valence-corrected chi connectivity index (χ4v) is 2.94. The number of halogens is 3. The zero-order valence-corrected chi connectivity index (χ0v) is 12.0. The van der Waals surface area contributed by atoms with Gasteiger partial charge in [-0.05, 0) is 31.2 Å². The number of sulfonamides is 1. The molecule has 0 atom stereocenters. The summed E-state index contributed by atoms with van der Waals surface area (Å²) in [6.45, 7) is 1.53. The number of nitrogens with zero attached hydrogens (tertiary/aromatic N) is 1. The molecule has 1 aromatic carbocycles. The molecule has 2 rings (SSSR count). The Morgan fingerprint density at radius 3 is 2.33 bits per heavy atom. The van der Waals surface area contributed by atoms with E-state index >= 15 is 0 Å². The van der Waals surface area contributed by atoms with Crippen molar-refractivity contribution < 1.29 is 26.0 Å². The molecule has 0 saturated carbocycles. The lowest BCUT2D eigenvalue weighted by Gasteiger charge is -2.16. The summed E-state index contributed by atoms with van der Waals surface area (Å²) in [6, 6.07) is 4.47. The highest BCUT2D eigenvalue weighted by molar-refractivity contribution is 7.89. The van der Waals surface area contributed by atoms with Crippen LogP contribution in [0.15, 0.2) is 33.6 Å². The van der Waals surface area contributed by atoms with Gasteiger partial charge >= 0.3 is 0 Å². The van der Waals surface area contributed by atoms with Crippen molar-refractivity contribution in [3.63, 3.8) is 0 Å². The van der Waals surface area contributed by atoms with Gasteiger partial charge in [-0.3, -0.25) is 0 Å². The molecule has 0 amide bonds. The Kier molecular flexibility index (Phi) is 4.11. The molecule has 0 unspecified atom stereocenters. The maximum atomic E-state index is 13.6. The number of hydrogen-bond acceptors (Lipinski definition) is 3. The number of rotatable bonds is 4. The molecule has 0 fully saturated rings. The van der Waals surface area contributed by atoms with Crippen LogP contribution >= 0.6 is 0 Å². The zero-order valence-electron chi connectivity index (χ0n) is 11.2. The molecule has 2 aromatic rings. The molecule has 1 aromatic heterocycles. The predicted octanol–water partition coefficient (Wildman–Crippen LogP) is 2.83. The van der Waals surface area contributed by atoms with Crippen LogP contribution in [0, 0.1) is 24.4 Å². The average Bonchev–Trinajstić information content (AvgIpc) is 2.81. The minimum absolute atomic E-state index is 0.158. The van der Waals surface area contributed by atoms with Gasteiger partial charge in [0, 0.05) is 7.05 Å². The van der Waals surface area contributed by atoms with Gasteiger partial charge in [-0.1, -0.05) is 0 Å². The lowest BCUT2D eigenvalue weighted by atomic mass is 10.3. The van der Waals surface area contributed by atoms with E-state index in [-0.39, 0.29) is 6.54 Å². The molecule has 0 saturated heterocycles. The Hall–Kier alpha value is -1.80. The first-order valence-corrected chi connectivity index (χ1v) is 7.32. The molecular weight excluding hydrogens is 307 g/mol. The maximum absolute atomic E-state index is 13.6. The van der Waals surface area contributed by atoms with Crippen molar-refractivity contribution in [2.45, 2.75) is 18.4 Å². The minimum Gasteiger partial charge on any atom is -0.465 e. The van der Waals surface area contributed by atoms with Gasteiger partial charge in [0.1, 0.15) is 16.4 Å². The van der Waals surface area contributed by atoms with Crippen molar-refractivity contribution in [2.24, 2.45) is 0 Å². The number of furan rings is 1. The number of aryl methyl sites for hydroxylation is 1. The largest absolute Gasteiger partial charge is 0.465 e. The normalized spacial score (nSPS) is 12.1. The van der Waals surface area contributed by atoms with E-state index in [1.54, 1.807) is 19.1 Å². The third kappa shape index (κ3) is 2.96. The number of benzene rings is 1. The van der Waals surface area contributed by atoms with Gasteiger partial charge in [0.05, 0.1) is 6.54 Å². The first-order chi connectivity index (χ1) is 9.73. The Morgan fingerprint density at radius 2 is 1.76 bits per heavy atom. The molecule has 0 bridgehead atoms. The van der Waals surface area contributed by atoms with E-state index in [0.29, 0.717) is 23.7 Å². The van der Waals surface area contributed by atoms with E-state index in [1.807, 2.05) is 0 Å². The van der Waals surface area contributed by atoms with Crippen LogP contribution in [0.4, 0.5) is 13.2 Å². The van der Waals surface area contributed by atoms with Crippen LogP contribution in [0.3, 0.4) is 0 Å². The van der Waals surface area contributed by atoms with Gasteiger partial charge < -0.3 is 4.42 Å². The first-order valence-electron chi connectivity index (χ1n) is 5.88. The summed E-state index contributed by atoms with van der Waals surface area (Å²) < 4.78 is 70.0. The average molecular weight is 319 g/mol. The molecule has 0 aliphatic rings. The molecule has 8 heteroatoms. The fourth-order valence-electron chi connectivity index (χ4n) is 1.75. The van der Waals surface area contributed by atoms with Gasteiger partial charge in [-0.25, -0.2) is 21.6 Å². The lowest BCUT2D eigenvalue weighted by molar-refractivity contribution is 0.390. The van der Waals surface area contributed by atoms with Crippen LogP contribution in [-0.2, 0) is 16.6 Å². The lowest BCUT2D eigenvalue weighted by Crippen LogP contribution is -2.27. The smallest absolute Gasteiger partial charge is 0.246 e.